The predicted octanol–water partition coefficient (Wildman–Crippen LogP) is 2.56. The van der Waals surface area contributed by atoms with Crippen molar-refractivity contribution in [3.63, 3.8) is 0 Å². The van der Waals surface area contributed by atoms with Crippen molar-refractivity contribution in [1.29, 1.82) is 0 Å². The normalized spacial score (nSPS) is 15.8. The number of aromatic nitrogens is 1. The molecule has 2 heterocycles. The fourth-order valence-corrected chi connectivity index (χ4v) is 3.30. The van der Waals surface area contributed by atoms with Crippen LogP contribution in [0.5, 0.6) is 0 Å². The van der Waals surface area contributed by atoms with Gasteiger partial charge in [0.05, 0.1) is 11.3 Å². The summed E-state index contributed by atoms with van der Waals surface area (Å²) in [6, 6.07) is 12.9. The van der Waals surface area contributed by atoms with Crippen LogP contribution < -0.4 is 5.43 Å². The SMILES string of the molecule is O=C(Cc1ccccc1)NN1C(=O)C(=Cc2cccnc2)SC1=S. The number of benzene rings is 1. The van der Waals surface area contributed by atoms with Crippen LogP contribution in [0.4, 0.5) is 0 Å². The van der Waals surface area contributed by atoms with Crippen molar-refractivity contribution in [2.45, 2.75) is 6.42 Å². The Kier molecular flexibility index (Phi) is 5.02. The van der Waals surface area contributed by atoms with Gasteiger partial charge in [-0.3, -0.25) is 20.0 Å². The zero-order valence-electron chi connectivity index (χ0n) is 12.5. The van der Waals surface area contributed by atoms with Crippen LogP contribution in [0.25, 0.3) is 6.08 Å². The number of carbonyl (C=O) groups is 2. The van der Waals surface area contributed by atoms with Crippen molar-refractivity contribution in [3.05, 3.63) is 70.9 Å². The molecule has 0 spiro atoms. The summed E-state index contributed by atoms with van der Waals surface area (Å²) >= 11 is 6.34. The summed E-state index contributed by atoms with van der Waals surface area (Å²) in [5, 5.41) is 1.12. The number of rotatable bonds is 4. The molecule has 7 heteroatoms. The zero-order chi connectivity index (χ0) is 16.9. The molecule has 0 radical (unpaired) electrons. The molecule has 24 heavy (non-hydrogen) atoms. The minimum Gasteiger partial charge on any atom is -0.273 e. The van der Waals surface area contributed by atoms with E-state index in [1.807, 2.05) is 36.4 Å². The quantitative estimate of drug-likeness (QED) is 0.675. The molecule has 3 rings (SSSR count). The molecule has 2 aromatic rings. The van der Waals surface area contributed by atoms with Gasteiger partial charge in [0, 0.05) is 12.4 Å². The molecule has 120 valence electrons. The van der Waals surface area contributed by atoms with E-state index in [9.17, 15) is 9.59 Å². The molecule has 1 aliphatic heterocycles. The summed E-state index contributed by atoms with van der Waals surface area (Å²) in [5.41, 5.74) is 4.24. The molecule has 0 unspecified atom stereocenters. The van der Waals surface area contributed by atoms with Gasteiger partial charge in [-0.1, -0.05) is 48.2 Å². The van der Waals surface area contributed by atoms with Crippen LogP contribution in [0.3, 0.4) is 0 Å². The number of carbonyl (C=O) groups excluding carboxylic acids is 2. The maximum atomic E-state index is 12.4. The summed E-state index contributed by atoms with van der Waals surface area (Å²) in [5.74, 6) is -0.629. The molecule has 5 nitrogen and oxygen atoms in total. The molecule has 1 aromatic heterocycles. The van der Waals surface area contributed by atoms with Gasteiger partial charge in [-0.15, -0.1) is 0 Å². The van der Waals surface area contributed by atoms with Gasteiger partial charge in [-0.05, 0) is 35.5 Å². The second-order valence-electron chi connectivity index (χ2n) is 5.00. The fourth-order valence-electron chi connectivity index (χ4n) is 2.12. The van der Waals surface area contributed by atoms with Gasteiger partial charge < -0.3 is 0 Å². The highest BCUT2D eigenvalue weighted by Gasteiger charge is 2.33. The Labute approximate surface area is 148 Å². The molecule has 1 N–H and O–H groups in total. The van der Waals surface area contributed by atoms with Gasteiger partial charge in [0.2, 0.25) is 5.91 Å². The number of nitrogens with zero attached hydrogens (tertiary/aromatic N) is 2. The lowest BCUT2D eigenvalue weighted by Gasteiger charge is -2.15. The highest BCUT2D eigenvalue weighted by atomic mass is 32.2. The molecule has 0 bridgehead atoms. The third-order valence-corrected chi connectivity index (χ3v) is 4.52. The molecule has 1 aliphatic rings. The van der Waals surface area contributed by atoms with Crippen molar-refractivity contribution in [2.75, 3.05) is 0 Å². The van der Waals surface area contributed by atoms with Crippen molar-refractivity contribution in [1.82, 2.24) is 15.4 Å². The van der Waals surface area contributed by atoms with Crippen molar-refractivity contribution >= 4 is 46.2 Å². The number of hydrogen-bond acceptors (Lipinski definition) is 5. The molecule has 0 saturated carbocycles. The first kappa shape index (κ1) is 16.4. The number of thioether (sulfide) groups is 1. The lowest BCUT2D eigenvalue weighted by atomic mass is 10.1. The first-order valence-electron chi connectivity index (χ1n) is 7.15. The lowest BCUT2D eigenvalue weighted by molar-refractivity contribution is -0.132. The van der Waals surface area contributed by atoms with Crippen molar-refractivity contribution < 1.29 is 9.59 Å². The lowest BCUT2D eigenvalue weighted by Crippen LogP contribution is -2.45. The highest BCUT2D eigenvalue weighted by Crippen LogP contribution is 2.31. The van der Waals surface area contributed by atoms with E-state index in [-0.39, 0.29) is 18.2 Å². The van der Waals surface area contributed by atoms with Gasteiger partial charge in [0.25, 0.3) is 5.91 Å². The summed E-state index contributed by atoms with van der Waals surface area (Å²) in [6.07, 6.45) is 5.20. The molecule has 0 aliphatic carbocycles. The second kappa shape index (κ2) is 7.37. The summed E-state index contributed by atoms with van der Waals surface area (Å²) in [7, 11) is 0. The summed E-state index contributed by atoms with van der Waals surface area (Å²) in [6.45, 7) is 0. The smallest absolute Gasteiger partial charge is 0.273 e. The average molecular weight is 355 g/mol. The maximum Gasteiger partial charge on any atom is 0.285 e. The largest absolute Gasteiger partial charge is 0.285 e. The Balaban J connectivity index is 1.68. The van der Waals surface area contributed by atoms with Gasteiger partial charge in [0.15, 0.2) is 4.32 Å². The number of nitrogens with one attached hydrogen (secondary N) is 1. The summed E-state index contributed by atoms with van der Waals surface area (Å²) < 4.78 is 0.302. The van der Waals surface area contributed by atoms with E-state index in [4.69, 9.17) is 12.2 Å². The van der Waals surface area contributed by atoms with Crippen LogP contribution in [0.15, 0.2) is 59.8 Å². The summed E-state index contributed by atoms with van der Waals surface area (Å²) in [4.78, 5) is 29.0. The van der Waals surface area contributed by atoms with Gasteiger partial charge in [-0.2, -0.15) is 5.01 Å². The van der Waals surface area contributed by atoms with E-state index in [0.29, 0.717) is 9.23 Å². The van der Waals surface area contributed by atoms with E-state index >= 15 is 0 Å². The topological polar surface area (TPSA) is 62.3 Å². The number of thiocarbonyl (C=S) groups is 1. The molecular formula is C17H13N3O2S2. The molecule has 1 aromatic carbocycles. The third-order valence-electron chi connectivity index (χ3n) is 3.22. The third kappa shape index (κ3) is 3.87. The van der Waals surface area contributed by atoms with Crippen molar-refractivity contribution in [3.8, 4) is 0 Å². The number of amides is 2. The van der Waals surface area contributed by atoms with Crippen LogP contribution >= 0.6 is 24.0 Å². The van der Waals surface area contributed by atoms with E-state index in [2.05, 4.69) is 10.4 Å². The van der Waals surface area contributed by atoms with Crippen LogP contribution in [-0.4, -0.2) is 26.1 Å². The van der Waals surface area contributed by atoms with E-state index in [1.165, 1.54) is 0 Å². The molecular weight excluding hydrogens is 342 g/mol. The van der Waals surface area contributed by atoms with E-state index in [0.717, 1.165) is 27.9 Å². The van der Waals surface area contributed by atoms with Gasteiger partial charge in [0.1, 0.15) is 0 Å². The predicted molar refractivity (Wildman–Crippen MR) is 97.5 cm³/mol. The Bertz CT molecular complexity index is 807. The minimum atomic E-state index is -0.338. The number of pyridine rings is 1. The van der Waals surface area contributed by atoms with E-state index < -0.39 is 0 Å². The average Bonchev–Trinajstić information content (AvgIpc) is 2.84. The number of hydrazine groups is 1. The Morgan fingerprint density at radius 2 is 2.04 bits per heavy atom. The molecule has 1 saturated heterocycles. The Morgan fingerprint density at radius 3 is 2.75 bits per heavy atom. The maximum absolute atomic E-state index is 12.4. The van der Waals surface area contributed by atoms with Crippen LogP contribution in [0.2, 0.25) is 0 Å². The van der Waals surface area contributed by atoms with Crippen LogP contribution in [0, 0.1) is 0 Å². The minimum absolute atomic E-state index is 0.180. The van der Waals surface area contributed by atoms with Gasteiger partial charge >= 0.3 is 0 Å². The highest BCUT2D eigenvalue weighted by molar-refractivity contribution is 8.26. The zero-order valence-corrected chi connectivity index (χ0v) is 14.1. The second-order valence-corrected chi connectivity index (χ2v) is 6.68. The number of hydrogen-bond donors (Lipinski definition) is 1. The first-order valence-corrected chi connectivity index (χ1v) is 8.37. The van der Waals surface area contributed by atoms with Crippen LogP contribution in [0.1, 0.15) is 11.1 Å². The molecule has 2 amide bonds. The molecule has 0 atom stereocenters. The standard InChI is InChI=1S/C17H13N3O2S2/c21-15(10-12-5-2-1-3-6-12)19-20-16(22)14(24-17(20)23)9-13-7-4-8-18-11-13/h1-9,11H,10H2,(H,19,21). The Morgan fingerprint density at radius 1 is 1.25 bits per heavy atom. The van der Waals surface area contributed by atoms with Crippen LogP contribution in [-0.2, 0) is 16.0 Å². The first-order chi connectivity index (χ1) is 11.6. The Hall–Kier alpha value is -2.51. The van der Waals surface area contributed by atoms with E-state index in [1.54, 1.807) is 24.5 Å². The fraction of sp³-hybridized carbons (Fsp3) is 0.0588. The van der Waals surface area contributed by atoms with Crippen molar-refractivity contribution in [2.24, 2.45) is 0 Å². The monoisotopic (exact) mass is 355 g/mol. The molecule has 1 fully saturated rings. The van der Waals surface area contributed by atoms with Gasteiger partial charge in [-0.25, -0.2) is 0 Å².